The molecule has 0 unspecified atom stereocenters. The molecule has 2 aromatic rings. The van der Waals surface area contributed by atoms with E-state index in [0.29, 0.717) is 24.6 Å². The second-order valence-corrected chi connectivity index (χ2v) is 9.35. The molecule has 0 heterocycles. The quantitative estimate of drug-likeness (QED) is 0.656. The minimum Gasteiger partial charge on any atom is -0.388 e. The maximum absolute atomic E-state index is 13.9. The van der Waals surface area contributed by atoms with Gasteiger partial charge in [0.1, 0.15) is 7.14 Å². The van der Waals surface area contributed by atoms with Crippen molar-refractivity contribution in [2.24, 2.45) is 0 Å². The standard InChI is InChI=1S/C21H23O3P/c1-16-20(22)14-17(15-21(16)23)12-13-25(24,18-8-4-2-5-9-18)19-10-6-3-7-11-19/h2-12,20-23H,1,13-15H2/t20-,21+. The van der Waals surface area contributed by atoms with Crippen molar-refractivity contribution in [2.75, 3.05) is 6.16 Å². The molecule has 3 rings (SSSR count). The predicted molar refractivity (Wildman–Crippen MR) is 103 cm³/mol. The van der Waals surface area contributed by atoms with E-state index in [0.717, 1.165) is 16.2 Å². The third-order valence-corrected chi connectivity index (χ3v) is 7.71. The summed E-state index contributed by atoms with van der Waals surface area (Å²) in [5, 5.41) is 21.7. The molecule has 0 amide bonds. The zero-order valence-electron chi connectivity index (χ0n) is 14.1. The van der Waals surface area contributed by atoms with Gasteiger partial charge in [-0.2, -0.15) is 0 Å². The van der Waals surface area contributed by atoms with Gasteiger partial charge in [0.25, 0.3) is 0 Å². The van der Waals surface area contributed by atoms with Gasteiger partial charge in [0.15, 0.2) is 0 Å². The average molecular weight is 354 g/mol. The lowest BCUT2D eigenvalue weighted by atomic mass is 9.87. The highest BCUT2D eigenvalue weighted by atomic mass is 31.2. The zero-order chi connectivity index (χ0) is 17.9. The van der Waals surface area contributed by atoms with Crippen molar-refractivity contribution in [3.63, 3.8) is 0 Å². The number of hydrogen-bond acceptors (Lipinski definition) is 3. The lowest BCUT2D eigenvalue weighted by Gasteiger charge is -2.28. The van der Waals surface area contributed by atoms with Crippen molar-refractivity contribution in [2.45, 2.75) is 25.0 Å². The van der Waals surface area contributed by atoms with E-state index in [9.17, 15) is 14.8 Å². The van der Waals surface area contributed by atoms with Gasteiger partial charge in [-0.1, -0.05) is 78.9 Å². The number of rotatable bonds is 4. The normalized spacial score (nSPS) is 23.0. The Bertz CT molecular complexity index is 752. The van der Waals surface area contributed by atoms with Crippen LogP contribution in [0, 0.1) is 0 Å². The molecule has 4 heteroatoms. The SMILES string of the molecule is C=C1[C@H](O)CC(=CCP(=O)(c2ccccc2)c2ccccc2)C[C@@H]1O. The first kappa shape index (κ1) is 17.9. The second kappa shape index (κ2) is 7.53. The molecule has 0 aliphatic heterocycles. The Morgan fingerprint density at radius 1 is 0.920 bits per heavy atom. The van der Waals surface area contributed by atoms with Crippen LogP contribution >= 0.6 is 7.14 Å². The van der Waals surface area contributed by atoms with Crippen LogP contribution in [0.5, 0.6) is 0 Å². The van der Waals surface area contributed by atoms with Crippen LogP contribution in [0.3, 0.4) is 0 Å². The molecule has 0 spiro atoms. The van der Waals surface area contributed by atoms with Crippen molar-refractivity contribution >= 4 is 17.8 Å². The van der Waals surface area contributed by atoms with Crippen molar-refractivity contribution in [3.8, 4) is 0 Å². The number of hydrogen-bond donors (Lipinski definition) is 2. The van der Waals surface area contributed by atoms with Crippen LogP contribution in [-0.4, -0.2) is 28.6 Å². The summed E-state index contributed by atoms with van der Waals surface area (Å²) < 4.78 is 13.9. The van der Waals surface area contributed by atoms with E-state index in [1.165, 1.54) is 0 Å². The molecule has 2 N–H and O–H groups in total. The Hall–Kier alpha value is -1.93. The van der Waals surface area contributed by atoms with Gasteiger partial charge in [0.2, 0.25) is 0 Å². The van der Waals surface area contributed by atoms with Crippen LogP contribution in [0.2, 0.25) is 0 Å². The first-order valence-electron chi connectivity index (χ1n) is 8.44. The van der Waals surface area contributed by atoms with Crippen molar-refractivity contribution in [3.05, 3.63) is 84.5 Å². The fourth-order valence-corrected chi connectivity index (χ4v) is 5.73. The number of aliphatic hydroxyl groups excluding tert-OH is 2. The van der Waals surface area contributed by atoms with Crippen LogP contribution in [0.1, 0.15) is 12.8 Å². The number of allylic oxidation sites excluding steroid dienone is 1. The van der Waals surface area contributed by atoms with Gasteiger partial charge in [0, 0.05) is 16.8 Å². The first-order valence-corrected chi connectivity index (χ1v) is 10.3. The van der Waals surface area contributed by atoms with Gasteiger partial charge in [-0.25, -0.2) is 0 Å². The second-order valence-electron chi connectivity index (χ2n) is 6.47. The van der Waals surface area contributed by atoms with E-state index in [2.05, 4.69) is 6.58 Å². The smallest absolute Gasteiger partial charge is 0.146 e. The fourth-order valence-electron chi connectivity index (χ4n) is 3.19. The summed E-state index contributed by atoms with van der Waals surface area (Å²) in [6.07, 6.45) is 1.73. The highest BCUT2D eigenvalue weighted by molar-refractivity contribution is 7.78. The summed E-state index contributed by atoms with van der Waals surface area (Å²) in [6, 6.07) is 19.0. The Kier molecular flexibility index (Phi) is 5.39. The number of aliphatic hydroxyl groups is 2. The maximum Gasteiger partial charge on any atom is 0.146 e. The lowest BCUT2D eigenvalue weighted by Crippen LogP contribution is -2.28. The zero-order valence-corrected chi connectivity index (χ0v) is 15.0. The molecule has 1 aliphatic carbocycles. The highest BCUT2D eigenvalue weighted by Gasteiger charge is 2.29. The van der Waals surface area contributed by atoms with Crippen molar-refractivity contribution < 1.29 is 14.8 Å². The van der Waals surface area contributed by atoms with E-state index < -0.39 is 19.3 Å². The summed E-state index contributed by atoms with van der Waals surface area (Å²) in [6.45, 7) is 3.73. The van der Waals surface area contributed by atoms with E-state index in [4.69, 9.17) is 0 Å². The third-order valence-electron chi connectivity index (χ3n) is 4.75. The van der Waals surface area contributed by atoms with Gasteiger partial charge in [-0.3, -0.25) is 0 Å². The molecule has 1 aliphatic rings. The molecule has 1 saturated carbocycles. The van der Waals surface area contributed by atoms with Crippen LogP contribution in [-0.2, 0) is 4.57 Å². The van der Waals surface area contributed by atoms with Gasteiger partial charge >= 0.3 is 0 Å². The van der Waals surface area contributed by atoms with Gasteiger partial charge in [-0.05, 0) is 18.4 Å². The van der Waals surface area contributed by atoms with Gasteiger partial charge < -0.3 is 14.8 Å². The summed E-state index contributed by atoms with van der Waals surface area (Å²) in [5.41, 5.74) is 1.39. The maximum atomic E-state index is 13.9. The van der Waals surface area contributed by atoms with Crippen LogP contribution < -0.4 is 10.6 Å². The predicted octanol–water partition coefficient (Wildman–Crippen LogP) is 3.00. The molecule has 3 nitrogen and oxygen atoms in total. The molecule has 2 aromatic carbocycles. The largest absolute Gasteiger partial charge is 0.388 e. The Morgan fingerprint density at radius 2 is 1.36 bits per heavy atom. The minimum atomic E-state index is -2.81. The molecule has 0 aromatic heterocycles. The number of benzene rings is 2. The molecule has 0 saturated heterocycles. The Morgan fingerprint density at radius 3 is 1.80 bits per heavy atom. The molecular weight excluding hydrogens is 331 g/mol. The van der Waals surface area contributed by atoms with Gasteiger partial charge in [-0.15, -0.1) is 0 Å². The summed E-state index contributed by atoms with van der Waals surface area (Å²) in [5.74, 6) is 0. The molecule has 25 heavy (non-hydrogen) atoms. The summed E-state index contributed by atoms with van der Waals surface area (Å²) in [4.78, 5) is 0. The average Bonchev–Trinajstić information content (AvgIpc) is 2.65. The van der Waals surface area contributed by atoms with E-state index >= 15 is 0 Å². The molecule has 1 fully saturated rings. The molecule has 130 valence electrons. The Labute approximate surface area is 148 Å². The van der Waals surface area contributed by atoms with E-state index in [-0.39, 0.29) is 0 Å². The monoisotopic (exact) mass is 354 g/mol. The highest BCUT2D eigenvalue weighted by Crippen LogP contribution is 2.44. The third kappa shape index (κ3) is 3.85. The van der Waals surface area contributed by atoms with Crippen molar-refractivity contribution in [1.82, 2.24) is 0 Å². The van der Waals surface area contributed by atoms with E-state index in [1.54, 1.807) is 0 Å². The first-order chi connectivity index (χ1) is 12.0. The minimum absolute atomic E-state index is 0.377. The van der Waals surface area contributed by atoms with Crippen LogP contribution in [0.25, 0.3) is 0 Å². The van der Waals surface area contributed by atoms with Gasteiger partial charge in [0.05, 0.1) is 12.2 Å². The Balaban J connectivity index is 1.93. The van der Waals surface area contributed by atoms with Crippen LogP contribution in [0.15, 0.2) is 84.5 Å². The lowest BCUT2D eigenvalue weighted by molar-refractivity contribution is 0.123. The van der Waals surface area contributed by atoms with E-state index in [1.807, 2.05) is 66.7 Å². The summed E-state index contributed by atoms with van der Waals surface area (Å²) >= 11 is 0. The summed E-state index contributed by atoms with van der Waals surface area (Å²) in [7, 11) is -2.81. The molecule has 0 bridgehead atoms. The molecule has 2 atom stereocenters. The fraction of sp³-hybridized carbons (Fsp3) is 0.238. The topological polar surface area (TPSA) is 57.5 Å². The van der Waals surface area contributed by atoms with Crippen molar-refractivity contribution in [1.29, 1.82) is 0 Å². The molecule has 0 radical (unpaired) electrons. The van der Waals surface area contributed by atoms with Crippen LogP contribution in [0.4, 0.5) is 0 Å². The molecular formula is C21H23O3P.